The molecule has 1 amide bonds. The van der Waals surface area contributed by atoms with Crippen LogP contribution in [0.15, 0.2) is 22.7 Å². The summed E-state index contributed by atoms with van der Waals surface area (Å²) >= 11 is 3.31. The van der Waals surface area contributed by atoms with Crippen molar-refractivity contribution in [3.8, 4) is 5.75 Å². The van der Waals surface area contributed by atoms with Crippen molar-refractivity contribution in [2.45, 2.75) is 19.4 Å². The maximum absolute atomic E-state index is 11.9. The number of carbonyl (C=O) groups is 1. The zero-order valence-corrected chi connectivity index (χ0v) is 11.5. The van der Waals surface area contributed by atoms with Crippen molar-refractivity contribution in [3.05, 3.63) is 28.2 Å². The van der Waals surface area contributed by atoms with Crippen LogP contribution >= 0.6 is 15.9 Å². The molecule has 94 valence electrons. The van der Waals surface area contributed by atoms with Crippen molar-refractivity contribution in [1.29, 1.82) is 0 Å². The van der Waals surface area contributed by atoms with E-state index in [2.05, 4.69) is 21.2 Å². The smallest absolute Gasteiger partial charge is 0.255 e. The number of nitrogens with one attached hydrogen (secondary N) is 1. The molecule has 0 aromatic heterocycles. The van der Waals surface area contributed by atoms with Gasteiger partial charge in [0.15, 0.2) is 0 Å². The van der Waals surface area contributed by atoms with E-state index in [9.17, 15) is 4.79 Å². The van der Waals surface area contributed by atoms with E-state index in [0.29, 0.717) is 17.7 Å². The van der Waals surface area contributed by atoms with Crippen LogP contribution in [0.2, 0.25) is 0 Å². The number of aliphatic hydroxyl groups is 1. The van der Waals surface area contributed by atoms with Gasteiger partial charge in [0.1, 0.15) is 5.75 Å². The van der Waals surface area contributed by atoms with Crippen LogP contribution in [0.3, 0.4) is 0 Å². The van der Waals surface area contributed by atoms with E-state index in [0.717, 1.165) is 4.47 Å². The Balaban J connectivity index is 2.88. The molecule has 17 heavy (non-hydrogen) atoms. The van der Waals surface area contributed by atoms with Crippen LogP contribution < -0.4 is 10.1 Å². The molecule has 0 radical (unpaired) electrons. The lowest BCUT2D eigenvalue weighted by Crippen LogP contribution is -2.37. The number of amides is 1. The molecule has 2 N–H and O–H groups in total. The van der Waals surface area contributed by atoms with E-state index >= 15 is 0 Å². The van der Waals surface area contributed by atoms with Gasteiger partial charge in [0.05, 0.1) is 25.3 Å². The molecular weight excluding hydrogens is 286 g/mol. The molecule has 0 aliphatic heterocycles. The largest absolute Gasteiger partial charge is 0.496 e. The van der Waals surface area contributed by atoms with Crippen LogP contribution in [0.25, 0.3) is 0 Å². The van der Waals surface area contributed by atoms with Crippen molar-refractivity contribution in [1.82, 2.24) is 5.32 Å². The Kier molecular flexibility index (Phi) is 5.44. The minimum atomic E-state index is -0.241. The number of halogens is 1. The van der Waals surface area contributed by atoms with Gasteiger partial charge < -0.3 is 15.2 Å². The highest BCUT2D eigenvalue weighted by molar-refractivity contribution is 9.10. The van der Waals surface area contributed by atoms with Gasteiger partial charge in [-0.2, -0.15) is 0 Å². The van der Waals surface area contributed by atoms with E-state index in [1.54, 1.807) is 18.2 Å². The first kappa shape index (κ1) is 14.0. The van der Waals surface area contributed by atoms with Crippen molar-refractivity contribution in [2.75, 3.05) is 13.7 Å². The summed E-state index contributed by atoms with van der Waals surface area (Å²) in [5, 5.41) is 11.8. The van der Waals surface area contributed by atoms with Crippen LogP contribution in [0.1, 0.15) is 23.7 Å². The van der Waals surface area contributed by atoms with Gasteiger partial charge in [-0.05, 0) is 24.6 Å². The monoisotopic (exact) mass is 301 g/mol. The minimum absolute atomic E-state index is 0.0684. The average Bonchev–Trinajstić information content (AvgIpc) is 2.35. The first-order valence-corrected chi connectivity index (χ1v) is 6.17. The Bertz CT molecular complexity index is 391. The van der Waals surface area contributed by atoms with Gasteiger partial charge in [0.25, 0.3) is 5.91 Å². The summed E-state index contributed by atoms with van der Waals surface area (Å²) in [5.74, 6) is 0.264. The molecule has 4 nitrogen and oxygen atoms in total. The Morgan fingerprint density at radius 1 is 1.59 bits per heavy atom. The molecule has 1 rings (SSSR count). The maximum atomic E-state index is 11.9. The SMILES string of the molecule is CCC(CO)NC(=O)c1ccc(Br)cc1OC. The van der Waals surface area contributed by atoms with Crippen LogP contribution in [0.4, 0.5) is 0 Å². The van der Waals surface area contributed by atoms with E-state index < -0.39 is 0 Å². The fourth-order valence-corrected chi connectivity index (χ4v) is 1.73. The topological polar surface area (TPSA) is 58.6 Å². The first-order valence-electron chi connectivity index (χ1n) is 5.37. The fraction of sp³-hybridized carbons (Fsp3) is 0.417. The summed E-state index contributed by atoms with van der Waals surface area (Å²) in [6.07, 6.45) is 0.682. The number of rotatable bonds is 5. The van der Waals surface area contributed by atoms with Gasteiger partial charge in [0, 0.05) is 4.47 Å². The molecule has 1 atom stereocenters. The molecule has 0 aliphatic rings. The van der Waals surface area contributed by atoms with Crippen LogP contribution in [0.5, 0.6) is 5.75 Å². The second kappa shape index (κ2) is 6.61. The zero-order valence-electron chi connectivity index (χ0n) is 9.87. The van der Waals surface area contributed by atoms with Gasteiger partial charge in [-0.15, -0.1) is 0 Å². The number of methoxy groups -OCH3 is 1. The zero-order chi connectivity index (χ0) is 12.8. The number of aliphatic hydroxyl groups excluding tert-OH is 1. The predicted molar refractivity (Wildman–Crippen MR) is 69.3 cm³/mol. The van der Waals surface area contributed by atoms with Gasteiger partial charge in [-0.25, -0.2) is 0 Å². The Labute approximate surface area is 109 Å². The van der Waals surface area contributed by atoms with E-state index in [1.807, 2.05) is 6.92 Å². The normalized spacial score (nSPS) is 12.0. The molecule has 0 aliphatic carbocycles. The van der Waals surface area contributed by atoms with E-state index in [1.165, 1.54) is 7.11 Å². The van der Waals surface area contributed by atoms with Crippen LogP contribution in [-0.2, 0) is 0 Å². The quantitative estimate of drug-likeness (QED) is 0.874. The average molecular weight is 302 g/mol. The molecule has 0 saturated heterocycles. The second-order valence-electron chi connectivity index (χ2n) is 3.61. The Morgan fingerprint density at radius 3 is 2.82 bits per heavy atom. The molecule has 1 aromatic rings. The number of hydrogen-bond donors (Lipinski definition) is 2. The summed E-state index contributed by atoms with van der Waals surface area (Å²) in [4.78, 5) is 11.9. The maximum Gasteiger partial charge on any atom is 0.255 e. The number of hydrogen-bond acceptors (Lipinski definition) is 3. The third kappa shape index (κ3) is 3.71. The number of ether oxygens (including phenoxy) is 1. The lowest BCUT2D eigenvalue weighted by Gasteiger charge is -2.15. The fourth-order valence-electron chi connectivity index (χ4n) is 1.39. The van der Waals surface area contributed by atoms with Gasteiger partial charge in [0.2, 0.25) is 0 Å². The summed E-state index contributed by atoms with van der Waals surface area (Å²) < 4.78 is 5.99. The molecule has 1 unspecified atom stereocenters. The molecule has 0 bridgehead atoms. The second-order valence-corrected chi connectivity index (χ2v) is 4.52. The molecule has 5 heteroatoms. The van der Waals surface area contributed by atoms with Crippen molar-refractivity contribution >= 4 is 21.8 Å². The summed E-state index contributed by atoms with van der Waals surface area (Å²) in [7, 11) is 1.52. The molecule has 0 heterocycles. The predicted octanol–water partition coefficient (Wildman–Crippen LogP) is 1.96. The van der Waals surface area contributed by atoms with Crippen molar-refractivity contribution in [2.24, 2.45) is 0 Å². The highest BCUT2D eigenvalue weighted by Crippen LogP contribution is 2.23. The third-order valence-corrected chi connectivity index (χ3v) is 2.95. The van der Waals surface area contributed by atoms with Crippen LogP contribution in [0, 0.1) is 0 Å². The molecular formula is C12H16BrNO3. The first-order chi connectivity index (χ1) is 8.12. The van der Waals surface area contributed by atoms with E-state index in [-0.39, 0.29) is 18.6 Å². The molecule has 1 aromatic carbocycles. The van der Waals surface area contributed by atoms with Crippen LogP contribution in [-0.4, -0.2) is 30.8 Å². The van der Waals surface area contributed by atoms with Gasteiger partial charge >= 0.3 is 0 Å². The van der Waals surface area contributed by atoms with Crippen molar-refractivity contribution < 1.29 is 14.6 Å². The van der Waals surface area contributed by atoms with Gasteiger partial charge in [-0.3, -0.25) is 4.79 Å². The number of benzene rings is 1. The third-order valence-electron chi connectivity index (χ3n) is 2.46. The molecule has 0 fully saturated rings. The minimum Gasteiger partial charge on any atom is -0.496 e. The summed E-state index contributed by atoms with van der Waals surface area (Å²) in [5.41, 5.74) is 0.461. The number of carbonyl (C=O) groups excluding carboxylic acids is 1. The Morgan fingerprint density at radius 2 is 2.29 bits per heavy atom. The summed E-state index contributed by atoms with van der Waals surface area (Å²) in [6, 6.07) is 4.96. The highest BCUT2D eigenvalue weighted by Gasteiger charge is 2.15. The summed E-state index contributed by atoms with van der Waals surface area (Å²) in [6.45, 7) is 1.83. The van der Waals surface area contributed by atoms with Gasteiger partial charge in [-0.1, -0.05) is 22.9 Å². The van der Waals surface area contributed by atoms with E-state index in [4.69, 9.17) is 9.84 Å². The lowest BCUT2D eigenvalue weighted by atomic mass is 10.1. The lowest BCUT2D eigenvalue weighted by molar-refractivity contribution is 0.0912. The molecule has 0 spiro atoms. The Hall–Kier alpha value is -1.07. The van der Waals surface area contributed by atoms with Crippen molar-refractivity contribution in [3.63, 3.8) is 0 Å². The highest BCUT2D eigenvalue weighted by atomic mass is 79.9. The standard InChI is InChI=1S/C12H16BrNO3/c1-3-9(7-15)14-12(16)10-5-4-8(13)6-11(10)17-2/h4-6,9,15H,3,7H2,1-2H3,(H,14,16). The molecule has 0 saturated carbocycles.